The van der Waals surface area contributed by atoms with Gasteiger partial charge in [-0.2, -0.15) is 4.98 Å². The Kier molecular flexibility index (Phi) is 6.84. The summed E-state index contributed by atoms with van der Waals surface area (Å²) in [6, 6.07) is 23.7. The molecule has 0 radical (unpaired) electrons. The second-order valence-electron chi connectivity index (χ2n) is 9.86. The van der Waals surface area contributed by atoms with Crippen LogP contribution in [0.4, 0.5) is 11.6 Å². The number of benzene rings is 3. The van der Waals surface area contributed by atoms with Gasteiger partial charge in [0.15, 0.2) is 17.1 Å². The predicted molar refractivity (Wildman–Crippen MR) is 159 cm³/mol. The van der Waals surface area contributed by atoms with Gasteiger partial charge in [-0.3, -0.25) is 14.2 Å². The molecule has 0 atom stereocenters. The van der Waals surface area contributed by atoms with Crippen LogP contribution in [0.2, 0.25) is 0 Å². The lowest BCUT2D eigenvalue weighted by Crippen LogP contribution is -2.32. The molecule has 0 bridgehead atoms. The molecule has 6 rings (SSSR count). The van der Waals surface area contributed by atoms with Crippen LogP contribution in [0.1, 0.15) is 27.2 Å². The predicted octanol–water partition coefficient (Wildman–Crippen LogP) is 4.92. The van der Waals surface area contributed by atoms with Crippen molar-refractivity contribution in [3.63, 3.8) is 0 Å². The topological polar surface area (TPSA) is 98.6 Å². The smallest absolute Gasteiger partial charge is 0.256 e. The Morgan fingerprint density at radius 3 is 2.39 bits per heavy atom. The van der Waals surface area contributed by atoms with Gasteiger partial charge in [0.2, 0.25) is 5.95 Å². The molecule has 0 unspecified atom stereocenters. The largest absolute Gasteiger partial charge is 0.493 e. The van der Waals surface area contributed by atoms with Gasteiger partial charge in [-0.15, -0.1) is 0 Å². The van der Waals surface area contributed by atoms with Gasteiger partial charge in [0.05, 0.1) is 25.6 Å². The Morgan fingerprint density at radius 1 is 0.878 bits per heavy atom. The number of methoxy groups -OCH3 is 2. The highest BCUT2D eigenvalue weighted by molar-refractivity contribution is 6.04. The Hall–Kier alpha value is -5.18. The van der Waals surface area contributed by atoms with Crippen molar-refractivity contribution in [2.75, 3.05) is 31.0 Å². The molecule has 1 N–H and O–H groups in total. The monoisotopic (exact) mass is 547 g/mol. The van der Waals surface area contributed by atoms with E-state index in [-0.39, 0.29) is 11.5 Å². The highest BCUT2D eigenvalue weighted by Gasteiger charge is 2.21. The molecule has 0 spiro atoms. The minimum atomic E-state index is -0.292. The zero-order chi connectivity index (χ0) is 28.5. The number of anilines is 2. The van der Waals surface area contributed by atoms with E-state index < -0.39 is 0 Å². The van der Waals surface area contributed by atoms with Crippen LogP contribution in [0.25, 0.3) is 16.7 Å². The number of nitrogens with one attached hydrogen (secondary N) is 1. The minimum absolute atomic E-state index is 0.215. The minimum Gasteiger partial charge on any atom is -0.493 e. The van der Waals surface area contributed by atoms with Gasteiger partial charge in [-0.1, -0.05) is 24.3 Å². The van der Waals surface area contributed by atoms with Crippen molar-refractivity contribution in [3.05, 3.63) is 112 Å². The summed E-state index contributed by atoms with van der Waals surface area (Å²) in [5.41, 5.74) is 5.33. The van der Waals surface area contributed by atoms with Crippen LogP contribution in [0.3, 0.4) is 0 Å². The van der Waals surface area contributed by atoms with E-state index in [1.807, 2.05) is 13.0 Å². The Labute approximate surface area is 237 Å². The summed E-state index contributed by atoms with van der Waals surface area (Å²) in [6.45, 7) is 3.44. The summed E-state index contributed by atoms with van der Waals surface area (Å²) in [6.07, 6.45) is 0.908. The molecule has 9 heteroatoms. The van der Waals surface area contributed by atoms with E-state index in [1.165, 1.54) is 17.2 Å². The van der Waals surface area contributed by atoms with Crippen LogP contribution in [0, 0.1) is 6.92 Å². The van der Waals surface area contributed by atoms with E-state index in [0.29, 0.717) is 46.6 Å². The van der Waals surface area contributed by atoms with E-state index in [4.69, 9.17) is 19.4 Å². The molecular formula is C32H29N5O4. The van der Waals surface area contributed by atoms with Gasteiger partial charge < -0.3 is 19.7 Å². The average Bonchev–Trinajstić information content (AvgIpc) is 3.00. The second-order valence-corrected chi connectivity index (χ2v) is 9.86. The van der Waals surface area contributed by atoms with Crippen LogP contribution in [-0.2, 0) is 13.0 Å². The zero-order valence-corrected chi connectivity index (χ0v) is 23.0. The summed E-state index contributed by atoms with van der Waals surface area (Å²) in [5.74, 6) is 1.39. The highest BCUT2D eigenvalue weighted by Crippen LogP contribution is 2.30. The fourth-order valence-electron chi connectivity index (χ4n) is 5.19. The van der Waals surface area contributed by atoms with E-state index >= 15 is 0 Å². The molecule has 41 heavy (non-hydrogen) atoms. The Bertz CT molecular complexity index is 1830. The molecule has 3 aromatic carbocycles. The molecule has 0 saturated carbocycles. The average molecular weight is 548 g/mol. The number of ether oxygens (including phenoxy) is 2. The lowest BCUT2D eigenvalue weighted by Gasteiger charge is -2.29. The normalized spacial score (nSPS) is 12.6. The molecule has 1 aliphatic heterocycles. The maximum Gasteiger partial charge on any atom is 0.256 e. The summed E-state index contributed by atoms with van der Waals surface area (Å²) >= 11 is 0. The van der Waals surface area contributed by atoms with Gasteiger partial charge in [0.25, 0.3) is 11.5 Å². The third-order valence-electron chi connectivity index (χ3n) is 7.37. The van der Waals surface area contributed by atoms with E-state index in [1.54, 1.807) is 67.3 Å². The molecule has 9 nitrogen and oxygen atoms in total. The zero-order valence-electron chi connectivity index (χ0n) is 23.0. The van der Waals surface area contributed by atoms with Crippen molar-refractivity contribution < 1.29 is 14.3 Å². The first-order valence-corrected chi connectivity index (χ1v) is 13.3. The number of nitrogens with zero attached hydrogens (tertiary/aromatic N) is 4. The number of hydrogen-bond acceptors (Lipinski definition) is 7. The first-order chi connectivity index (χ1) is 19.9. The van der Waals surface area contributed by atoms with Crippen LogP contribution in [-0.4, -0.2) is 41.2 Å². The molecule has 0 fully saturated rings. The number of rotatable bonds is 6. The van der Waals surface area contributed by atoms with E-state index in [9.17, 15) is 9.59 Å². The van der Waals surface area contributed by atoms with Gasteiger partial charge in [0, 0.05) is 41.9 Å². The molecule has 1 amide bonds. The first kappa shape index (κ1) is 26.1. The lowest BCUT2D eigenvalue weighted by atomic mass is 10.0. The standard InChI is InChI=1S/C32H29N5O4/c1-20-26-13-15-29(38)37(30(26)35-32(33-20)36-17-16-21-6-4-5-7-23(21)19-36)25-11-8-22(9-12-25)31(39)34-24-10-14-27(40-2)28(18-24)41-3/h4-15,18H,16-17,19H2,1-3H3,(H,34,39). The van der Waals surface area contributed by atoms with Crippen molar-refractivity contribution >= 4 is 28.6 Å². The van der Waals surface area contributed by atoms with Crippen LogP contribution in [0.15, 0.2) is 83.7 Å². The van der Waals surface area contributed by atoms with Gasteiger partial charge in [-0.05, 0) is 66.9 Å². The van der Waals surface area contributed by atoms with Crippen LogP contribution >= 0.6 is 0 Å². The quantitative estimate of drug-likeness (QED) is 0.322. The van der Waals surface area contributed by atoms with Crippen molar-refractivity contribution in [1.29, 1.82) is 0 Å². The maximum absolute atomic E-state index is 13.2. The fourth-order valence-corrected chi connectivity index (χ4v) is 5.19. The van der Waals surface area contributed by atoms with Crippen molar-refractivity contribution in [3.8, 4) is 17.2 Å². The highest BCUT2D eigenvalue weighted by atomic mass is 16.5. The SMILES string of the molecule is COc1ccc(NC(=O)c2ccc(-n3c(=O)ccc4c(C)nc(N5CCc6ccccc6C5)nc43)cc2)cc1OC. The molecule has 0 saturated heterocycles. The molecule has 2 aromatic heterocycles. The number of hydrogen-bond donors (Lipinski definition) is 1. The third-order valence-corrected chi connectivity index (χ3v) is 7.37. The van der Waals surface area contributed by atoms with Gasteiger partial charge in [-0.25, -0.2) is 4.98 Å². The Balaban J connectivity index is 1.31. The van der Waals surface area contributed by atoms with E-state index in [0.717, 1.165) is 24.0 Å². The lowest BCUT2D eigenvalue weighted by molar-refractivity contribution is 0.102. The summed E-state index contributed by atoms with van der Waals surface area (Å²) in [5, 5.41) is 3.67. The molecule has 1 aliphatic rings. The molecule has 0 aliphatic carbocycles. The van der Waals surface area contributed by atoms with Gasteiger partial charge >= 0.3 is 0 Å². The van der Waals surface area contributed by atoms with Crippen LogP contribution < -0.4 is 25.2 Å². The first-order valence-electron chi connectivity index (χ1n) is 13.3. The molecule has 3 heterocycles. The van der Waals surface area contributed by atoms with Crippen LogP contribution in [0.5, 0.6) is 11.5 Å². The number of carbonyl (C=O) groups is 1. The Morgan fingerprint density at radius 2 is 1.63 bits per heavy atom. The summed E-state index contributed by atoms with van der Waals surface area (Å²) in [7, 11) is 3.10. The maximum atomic E-state index is 13.2. The summed E-state index contributed by atoms with van der Waals surface area (Å²) < 4.78 is 12.2. The number of pyridine rings is 1. The van der Waals surface area contributed by atoms with Crippen molar-refractivity contribution in [2.24, 2.45) is 0 Å². The molecule has 5 aromatic rings. The van der Waals surface area contributed by atoms with E-state index in [2.05, 4.69) is 28.4 Å². The van der Waals surface area contributed by atoms with Crippen molar-refractivity contribution in [1.82, 2.24) is 14.5 Å². The number of fused-ring (bicyclic) bond motifs is 2. The molecule has 206 valence electrons. The van der Waals surface area contributed by atoms with Gasteiger partial charge in [0.1, 0.15) is 0 Å². The number of aromatic nitrogens is 3. The number of aryl methyl sites for hydroxylation is 1. The third kappa shape index (κ3) is 4.98. The number of amides is 1. The number of carbonyl (C=O) groups excluding carboxylic acids is 1. The second kappa shape index (κ2) is 10.8. The molecular weight excluding hydrogens is 518 g/mol. The van der Waals surface area contributed by atoms with Crippen molar-refractivity contribution in [2.45, 2.75) is 19.9 Å². The summed E-state index contributed by atoms with van der Waals surface area (Å²) in [4.78, 5) is 38.0. The fraction of sp³-hybridized carbons (Fsp3) is 0.188.